The number of rotatable bonds is 18. The summed E-state index contributed by atoms with van der Waals surface area (Å²) in [5, 5.41) is 36.2. The summed E-state index contributed by atoms with van der Waals surface area (Å²) >= 11 is 0. The average Bonchev–Trinajstić information content (AvgIpc) is 2.83. The van der Waals surface area contributed by atoms with Gasteiger partial charge in [0.25, 0.3) is 0 Å². The number of phenols is 2. The number of methoxy groups -OCH3 is 2. The lowest BCUT2D eigenvalue weighted by Crippen LogP contribution is -2.36. The van der Waals surface area contributed by atoms with Crippen molar-refractivity contribution >= 4 is 0 Å². The van der Waals surface area contributed by atoms with E-state index in [0.717, 1.165) is 76.6 Å². The molecule has 184 valence electrons. The predicted molar refractivity (Wildman–Crippen MR) is 131 cm³/mol. The second-order valence-corrected chi connectivity index (χ2v) is 7.62. The highest BCUT2D eigenvalue weighted by Crippen LogP contribution is 2.26. The van der Waals surface area contributed by atoms with Crippen LogP contribution in [-0.4, -0.2) is 76.8 Å². The van der Waals surface area contributed by atoms with Gasteiger partial charge in [0.2, 0.25) is 0 Å². The molecule has 9 nitrogen and oxygen atoms in total. The van der Waals surface area contributed by atoms with Gasteiger partial charge >= 0.3 is 0 Å². The molecule has 0 bridgehead atoms. The number of phenolic OH excluding ortho intramolecular Hbond substituents is 2. The van der Waals surface area contributed by atoms with E-state index in [1.807, 2.05) is 24.3 Å². The van der Waals surface area contributed by atoms with Crippen molar-refractivity contribution < 1.29 is 19.7 Å². The monoisotopic (exact) mass is 461 g/mol. The number of ether oxygens (including phenoxy) is 2. The Kier molecular flexibility index (Phi) is 13.0. The second-order valence-electron chi connectivity index (χ2n) is 7.62. The van der Waals surface area contributed by atoms with Crippen LogP contribution in [0.2, 0.25) is 0 Å². The quantitative estimate of drug-likeness (QED) is 0.162. The molecule has 7 N–H and O–H groups in total. The maximum atomic E-state index is 9.61. The number of hydrogen-bond acceptors (Lipinski definition) is 9. The maximum absolute atomic E-state index is 9.61. The molecule has 2 rings (SSSR count). The van der Waals surface area contributed by atoms with Gasteiger partial charge in [-0.25, -0.2) is 0 Å². The highest BCUT2D eigenvalue weighted by atomic mass is 16.5. The van der Waals surface area contributed by atoms with E-state index in [9.17, 15) is 10.2 Å². The van der Waals surface area contributed by atoms with Crippen LogP contribution in [0.3, 0.4) is 0 Å². The summed E-state index contributed by atoms with van der Waals surface area (Å²) in [6.45, 7) is 8.71. The van der Waals surface area contributed by atoms with Gasteiger partial charge in [-0.15, -0.1) is 0 Å². The van der Waals surface area contributed by atoms with Crippen LogP contribution in [0.25, 0.3) is 0 Å². The molecular weight excluding hydrogens is 422 g/mol. The van der Waals surface area contributed by atoms with Crippen molar-refractivity contribution in [3.63, 3.8) is 0 Å². The molecule has 0 amide bonds. The number of aromatic hydroxyl groups is 2. The molecule has 0 atom stereocenters. The molecule has 0 fully saturated rings. The van der Waals surface area contributed by atoms with Crippen LogP contribution in [0, 0.1) is 0 Å². The van der Waals surface area contributed by atoms with Crippen molar-refractivity contribution in [3.05, 3.63) is 47.5 Å². The highest BCUT2D eigenvalue weighted by Gasteiger charge is 2.03. The summed E-state index contributed by atoms with van der Waals surface area (Å²) < 4.78 is 10.2. The zero-order valence-corrected chi connectivity index (χ0v) is 19.7. The largest absolute Gasteiger partial charge is 0.504 e. The second kappa shape index (κ2) is 16.1. The summed E-state index contributed by atoms with van der Waals surface area (Å²) in [4.78, 5) is 0. The van der Waals surface area contributed by atoms with Crippen molar-refractivity contribution in [1.82, 2.24) is 26.6 Å². The molecule has 0 aliphatic carbocycles. The van der Waals surface area contributed by atoms with Crippen LogP contribution >= 0.6 is 0 Å². The van der Waals surface area contributed by atoms with Gasteiger partial charge in [-0.3, -0.25) is 0 Å². The van der Waals surface area contributed by atoms with Crippen molar-refractivity contribution in [1.29, 1.82) is 0 Å². The van der Waals surface area contributed by atoms with Gasteiger partial charge in [0.1, 0.15) is 0 Å². The molecule has 0 radical (unpaired) electrons. The van der Waals surface area contributed by atoms with Crippen LogP contribution in [0.5, 0.6) is 23.0 Å². The zero-order valence-electron chi connectivity index (χ0n) is 19.7. The third-order valence-electron chi connectivity index (χ3n) is 5.06. The fourth-order valence-electron chi connectivity index (χ4n) is 3.21. The smallest absolute Gasteiger partial charge is 0.160 e. The van der Waals surface area contributed by atoms with Crippen molar-refractivity contribution in [2.45, 2.75) is 13.1 Å². The molecule has 9 heteroatoms. The Morgan fingerprint density at radius 2 is 0.879 bits per heavy atom. The van der Waals surface area contributed by atoms with E-state index in [-0.39, 0.29) is 11.5 Å². The topological polar surface area (TPSA) is 119 Å². The molecule has 0 aliphatic heterocycles. The first-order valence-electron chi connectivity index (χ1n) is 11.4. The van der Waals surface area contributed by atoms with Gasteiger partial charge in [0.05, 0.1) is 14.2 Å². The lowest BCUT2D eigenvalue weighted by molar-refractivity contribution is 0.372. The van der Waals surface area contributed by atoms with Crippen molar-refractivity contribution in [2.24, 2.45) is 0 Å². The van der Waals surface area contributed by atoms with Crippen molar-refractivity contribution in [2.75, 3.05) is 66.6 Å². The normalized spacial score (nSPS) is 11.0. The Labute approximate surface area is 196 Å². The number of benzene rings is 2. The molecule has 33 heavy (non-hydrogen) atoms. The maximum Gasteiger partial charge on any atom is 0.160 e. The standard InChI is InChI=1S/C24H39N5O4/c1-32-23-15-19(3-5-21(23)30)17-28-13-11-26-9-7-25-8-10-27-12-14-29-18-20-4-6-22(31)24(16-20)33-2/h3-6,15-16,25-31H,7-14,17-18H2,1-2H3. The van der Waals surface area contributed by atoms with Gasteiger partial charge in [0.15, 0.2) is 23.0 Å². The van der Waals surface area contributed by atoms with E-state index in [2.05, 4.69) is 26.6 Å². The minimum absolute atomic E-state index is 0.161. The first-order valence-corrected chi connectivity index (χ1v) is 11.4. The molecule has 0 unspecified atom stereocenters. The Morgan fingerprint density at radius 3 is 1.21 bits per heavy atom. The third-order valence-corrected chi connectivity index (χ3v) is 5.06. The summed E-state index contributed by atoms with van der Waals surface area (Å²) in [6.07, 6.45) is 0. The van der Waals surface area contributed by atoms with E-state index < -0.39 is 0 Å². The summed E-state index contributed by atoms with van der Waals surface area (Å²) in [5.41, 5.74) is 2.16. The Bertz CT molecular complexity index is 741. The summed E-state index contributed by atoms with van der Waals surface area (Å²) in [7, 11) is 3.10. The summed E-state index contributed by atoms with van der Waals surface area (Å²) in [5.74, 6) is 1.32. The number of hydrogen-bond donors (Lipinski definition) is 7. The molecule has 0 saturated heterocycles. The molecule has 2 aromatic rings. The molecule has 0 aliphatic rings. The molecule has 2 aromatic carbocycles. The molecule has 0 spiro atoms. The van der Waals surface area contributed by atoms with Crippen molar-refractivity contribution in [3.8, 4) is 23.0 Å². The minimum Gasteiger partial charge on any atom is -0.504 e. The van der Waals surface area contributed by atoms with Gasteiger partial charge in [-0.2, -0.15) is 0 Å². The lowest BCUT2D eigenvalue weighted by Gasteiger charge is -2.10. The first kappa shape index (κ1) is 26.7. The Hall–Kier alpha value is -2.56. The van der Waals surface area contributed by atoms with Crippen LogP contribution in [0.1, 0.15) is 11.1 Å². The Morgan fingerprint density at radius 1 is 0.545 bits per heavy atom. The molecule has 0 aromatic heterocycles. The predicted octanol–water partition coefficient (Wildman–Crippen LogP) is 0.763. The molecular formula is C24H39N5O4. The average molecular weight is 462 g/mol. The molecule has 0 saturated carbocycles. The highest BCUT2D eigenvalue weighted by molar-refractivity contribution is 5.42. The van der Waals surface area contributed by atoms with E-state index in [0.29, 0.717) is 11.5 Å². The minimum atomic E-state index is 0.161. The fourth-order valence-corrected chi connectivity index (χ4v) is 3.21. The third kappa shape index (κ3) is 10.7. The van der Waals surface area contributed by atoms with Crippen LogP contribution < -0.4 is 36.1 Å². The van der Waals surface area contributed by atoms with Gasteiger partial charge in [-0.1, -0.05) is 12.1 Å². The van der Waals surface area contributed by atoms with Crippen LogP contribution in [-0.2, 0) is 13.1 Å². The Balaban J connectivity index is 1.35. The first-order chi connectivity index (χ1) is 16.1. The van der Waals surface area contributed by atoms with Gasteiger partial charge in [0, 0.05) is 65.4 Å². The zero-order chi connectivity index (χ0) is 23.7. The number of nitrogens with one attached hydrogen (secondary N) is 5. The van der Waals surface area contributed by atoms with Crippen LogP contribution in [0.15, 0.2) is 36.4 Å². The van der Waals surface area contributed by atoms with E-state index >= 15 is 0 Å². The van der Waals surface area contributed by atoms with Crippen LogP contribution in [0.4, 0.5) is 0 Å². The van der Waals surface area contributed by atoms with E-state index in [4.69, 9.17) is 9.47 Å². The van der Waals surface area contributed by atoms with Gasteiger partial charge < -0.3 is 46.3 Å². The molecule has 0 heterocycles. The fraction of sp³-hybridized carbons (Fsp3) is 0.500. The SMILES string of the molecule is COc1cc(CNCCNCCNCCNCCNCc2ccc(O)c(OC)c2)ccc1O. The van der Waals surface area contributed by atoms with E-state index in [1.165, 1.54) is 0 Å². The van der Waals surface area contributed by atoms with Gasteiger partial charge in [-0.05, 0) is 35.4 Å². The lowest BCUT2D eigenvalue weighted by atomic mass is 10.2. The van der Waals surface area contributed by atoms with E-state index in [1.54, 1.807) is 26.4 Å². The summed E-state index contributed by atoms with van der Waals surface area (Å²) in [6, 6.07) is 10.8.